The second kappa shape index (κ2) is 7.18. The van der Waals surface area contributed by atoms with Crippen molar-refractivity contribution in [2.75, 3.05) is 0 Å². The van der Waals surface area contributed by atoms with Gasteiger partial charge in [-0.05, 0) is 37.8 Å². The molecule has 2 aromatic rings. The average molecular weight is 379 g/mol. The quantitative estimate of drug-likeness (QED) is 0.796. The molecule has 0 spiro atoms. The molecule has 0 unspecified atom stereocenters. The molecule has 2 bridgehead atoms. The number of benzene rings is 1. The van der Waals surface area contributed by atoms with Crippen LogP contribution in [0.4, 0.5) is 0 Å². The van der Waals surface area contributed by atoms with Crippen molar-refractivity contribution in [1.29, 1.82) is 0 Å². The summed E-state index contributed by atoms with van der Waals surface area (Å²) in [5, 5.41) is 5.37. The number of pyridine rings is 1. The summed E-state index contributed by atoms with van der Waals surface area (Å²) in [6, 6.07) is 7.99. The van der Waals surface area contributed by atoms with E-state index in [1.165, 1.54) is 0 Å². The molecule has 1 aromatic carbocycles. The van der Waals surface area contributed by atoms with E-state index in [2.05, 4.69) is 10.3 Å². The molecule has 1 aromatic heterocycles. The number of nitrogens with one attached hydrogen (secondary N) is 1. The summed E-state index contributed by atoms with van der Waals surface area (Å²) in [4.78, 5) is 16.9. The zero-order chi connectivity index (χ0) is 19.1. The third-order valence-corrected chi connectivity index (χ3v) is 6.21. The second-order valence-electron chi connectivity index (χ2n) is 8.01. The van der Waals surface area contributed by atoms with Crippen LogP contribution in [0.25, 0.3) is 10.8 Å². The summed E-state index contributed by atoms with van der Waals surface area (Å²) in [6.45, 7) is 0. The first kappa shape index (κ1) is 17.6. The van der Waals surface area contributed by atoms with Gasteiger partial charge in [0.2, 0.25) is 5.91 Å². The van der Waals surface area contributed by atoms with E-state index < -0.39 is 0 Å². The van der Waals surface area contributed by atoms with Gasteiger partial charge in [-0.25, -0.2) is 0 Å². The van der Waals surface area contributed by atoms with Gasteiger partial charge in [-0.15, -0.1) is 0 Å². The number of carbonyl (C=O) groups is 1. The number of hydrogen-bond acceptors (Lipinski definition) is 5. The molecule has 0 radical (unpaired) electrons. The molecule has 28 heavy (non-hydrogen) atoms. The lowest BCUT2D eigenvalue weighted by molar-refractivity contribution is -0.127. The maximum Gasteiger partial charge on any atom is 0.227 e. The zero-order valence-electron chi connectivity index (χ0n) is 15.7. The molecule has 5 rings (SSSR count). The number of nitrogens with zero attached hydrogens (tertiary/aromatic N) is 1. The average Bonchev–Trinajstić information content (AvgIpc) is 3.31. The summed E-state index contributed by atoms with van der Waals surface area (Å²) < 4.78 is 12.0. The largest absolute Gasteiger partial charge is 0.490 e. The molecule has 4 atom stereocenters. The Hall–Kier alpha value is -2.44. The molecule has 6 heteroatoms. The fraction of sp³-hybridized carbons (Fsp3) is 0.455. The van der Waals surface area contributed by atoms with Gasteiger partial charge < -0.3 is 20.5 Å². The van der Waals surface area contributed by atoms with Crippen LogP contribution in [0.5, 0.6) is 5.75 Å². The van der Waals surface area contributed by atoms with Crippen molar-refractivity contribution in [2.24, 2.45) is 11.7 Å². The fourth-order valence-corrected chi connectivity index (χ4v) is 4.66. The topological polar surface area (TPSA) is 86.5 Å². The molecule has 3 aliphatic rings. The van der Waals surface area contributed by atoms with E-state index in [0.717, 1.165) is 42.2 Å². The van der Waals surface area contributed by atoms with Gasteiger partial charge in [-0.2, -0.15) is 0 Å². The first-order valence-corrected chi connectivity index (χ1v) is 10.1. The molecule has 3 N–H and O–H groups in total. The lowest BCUT2D eigenvalue weighted by Crippen LogP contribution is -2.50. The van der Waals surface area contributed by atoms with Gasteiger partial charge in [0.05, 0.1) is 24.2 Å². The van der Waals surface area contributed by atoms with E-state index in [9.17, 15) is 4.79 Å². The second-order valence-corrected chi connectivity index (χ2v) is 8.01. The Labute approximate surface area is 164 Å². The minimum Gasteiger partial charge on any atom is -0.490 e. The van der Waals surface area contributed by atoms with Crippen molar-refractivity contribution >= 4 is 16.7 Å². The van der Waals surface area contributed by atoms with Crippen LogP contribution in [-0.2, 0) is 9.53 Å². The minimum absolute atomic E-state index is 0.0234. The third-order valence-electron chi connectivity index (χ3n) is 6.21. The molecule has 146 valence electrons. The Morgan fingerprint density at radius 3 is 2.75 bits per heavy atom. The zero-order valence-corrected chi connectivity index (χ0v) is 15.7. The van der Waals surface area contributed by atoms with E-state index in [1.807, 2.05) is 42.6 Å². The molecule has 2 fully saturated rings. The van der Waals surface area contributed by atoms with E-state index in [4.69, 9.17) is 15.2 Å². The molecular formula is C22H25N3O3. The highest BCUT2D eigenvalue weighted by molar-refractivity contribution is 5.87. The molecule has 2 aliphatic heterocycles. The number of rotatable bonds is 4. The summed E-state index contributed by atoms with van der Waals surface area (Å²) in [7, 11) is 0. The highest BCUT2D eigenvalue weighted by Gasteiger charge is 2.48. The summed E-state index contributed by atoms with van der Waals surface area (Å²) in [6.07, 6.45) is 11.1. The Kier molecular flexibility index (Phi) is 4.53. The SMILES string of the molecule is N[C@@H]1[C@H](C(=O)NC2CCC(Oc3cccc4cnccc34)CC2)[C@H]2C=C[C@@H]1O2. The van der Waals surface area contributed by atoms with Crippen LogP contribution in [0, 0.1) is 5.92 Å². The number of carbonyl (C=O) groups excluding carboxylic acids is 1. The number of aromatic nitrogens is 1. The van der Waals surface area contributed by atoms with Crippen molar-refractivity contribution < 1.29 is 14.3 Å². The van der Waals surface area contributed by atoms with Crippen molar-refractivity contribution in [2.45, 2.75) is 56.1 Å². The van der Waals surface area contributed by atoms with Crippen LogP contribution in [0.3, 0.4) is 0 Å². The van der Waals surface area contributed by atoms with Crippen molar-refractivity contribution in [1.82, 2.24) is 10.3 Å². The van der Waals surface area contributed by atoms with E-state index in [1.54, 1.807) is 6.20 Å². The molecule has 1 saturated heterocycles. The Bertz CT molecular complexity index is 902. The molecular weight excluding hydrogens is 354 g/mol. The van der Waals surface area contributed by atoms with Gasteiger partial charge in [-0.1, -0.05) is 24.3 Å². The Morgan fingerprint density at radius 1 is 1.14 bits per heavy atom. The van der Waals surface area contributed by atoms with E-state index in [0.29, 0.717) is 0 Å². The molecule has 1 amide bonds. The smallest absolute Gasteiger partial charge is 0.227 e. The first-order chi connectivity index (χ1) is 13.7. The monoisotopic (exact) mass is 379 g/mol. The van der Waals surface area contributed by atoms with Crippen molar-refractivity contribution in [3.8, 4) is 5.75 Å². The molecule has 1 saturated carbocycles. The molecule has 1 aliphatic carbocycles. The van der Waals surface area contributed by atoms with Gasteiger partial charge >= 0.3 is 0 Å². The lowest BCUT2D eigenvalue weighted by Gasteiger charge is -2.31. The lowest BCUT2D eigenvalue weighted by atomic mass is 9.87. The van der Waals surface area contributed by atoms with Gasteiger partial charge in [0.15, 0.2) is 0 Å². The third kappa shape index (κ3) is 3.16. The van der Waals surface area contributed by atoms with Gasteiger partial charge in [0, 0.05) is 35.2 Å². The highest BCUT2D eigenvalue weighted by Crippen LogP contribution is 2.34. The first-order valence-electron chi connectivity index (χ1n) is 10.1. The van der Waals surface area contributed by atoms with Crippen LogP contribution in [-0.4, -0.2) is 41.3 Å². The molecule has 3 heterocycles. The Balaban J connectivity index is 1.17. The number of nitrogens with two attached hydrogens (primary N) is 1. The molecule has 6 nitrogen and oxygen atoms in total. The fourth-order valence-electron chi connectivity index (χ4n) is 4.66. The summed E-state index contributed by atoms with van der Waals surface area (Å²) in [5.41, 5.74) is 6.16. The maximum atomic E-state index is 12.7. The van der Waals surface area contributed by atoms with Gasteiger partial charge in [-0.3, -0.25) is 9.78 Å². The predicted molar refractivity (Wildman–Crippen MR) is 106 cm³/mol. The number of ether oxygens (including phenoxy) is 2. The van der Waals surface area contributed by atoms with Crippen molar-refractivity contribution in [3.05, 3.63) is 48.8 Å². The van der Waals surface area contributed by atoms with Gasteiger partial charge in [0.1, 0.15) is 5.75 Å². The normalized spacial score (nSPS) is 33.9. The standard InChI is InChI=1S/C22H25N3O3/c23-21-19-9-8-18(28-19)20(21)22(26)25-14-4-6-15(7-5-14)27-17-3-1-2-13-12-24-11-10-16(13)17/h1-3,8-12,14-15,18-21H,4-7,23H2,(H,25,26)/t14?,15?,18-,19+,20-,21+/m1/s1. The van der Waals surface area contributed by atoms with Crippen LogP contribution in [0.2, 0.25) is 0 Å². The van der Waals surface area contributed by atoms with Gasteiger partial charge in [0.25, 0.3) is 0 Å². The van der Waals surface area contributed by atoms with Crippen LogP contribution in [0.15, 0.2) is 48.8 Å². The number of amides is 1. The number of fused-ring (bicyclic) bond motifs is 3. The summed E-state index contributed by atoms with van der Waals surface area (Å²) >= 11 is 0. The Morgan fingerprint density at radius 2 is 1.96 bits per heavy atom. The maximum absolute atomic E-state index is 12.7. The number of hydrogen-bond donors (Lipinski definition) is 2. The van der Waals surface area contributed by atoms with Crippen LogP contribution >= 0.6 is 0 Å². The van der Waals surface area contributed by atoms with Crippen LogP contribution in [0.1, 0.15) is 25.7 Å². The van der Waals surface area contributed by atoms with E-state index in [-0.39, 0.29) is 42.2 Å². The summed E-state index contributed by atoms with van der Waals surface area (Å²) in [5.74, 6) is 0.660. The van der Waals surface area contributed by atoms with Crippen LogP contribution < -0.4 is 15.8 Å². The predicted octanol–water partition coefficient (Wildman–Crippen LogP) is 2.32. The van der Waals surface area contributed by atoms with Crippen molar-refractivity contribution in [3.63, 3.8) is 0 Å². The van der Waals surface area contributed by atoms with E-state index >= 15 is 0 Å². The highest BCUT2D eigenvalue weighted by atomic mass is 16.5. The minimum atomic E-state index is -0.270.